The fourth-order valence-corrected chi connectivity index (χ4v) is 1.01. The molecule has 0 spiro atoms. The lowest BCUT2D eigenvalue weighted by Crippen LogP contribution is -2.36. The summed E-state index contributed by atoms with van der Waals surface area (Å²) in [6.45, 7) is 0.734. The standard InChI is InChI=1S/C10H14N2O2/c13-7-6-11-10(14)12-8-9-4-2-1-3-5-9/h1-5,13H,6-8H2,(H2,11,12,14). The molecule has 0 aliphatic heterocycles. The third-order valence-electron chi connectivity index (χ3n) is 1.69. The van der Waals surface area contributed by atoms with E-state index in [1.54, 1.807) is 0 Å². The van der Waals surface area contributed by atoms with Crippen LogP contribution in [-0.4, -0.2) is 24.3 Å². The molecule has 0 saturated heterocycles. The molecule has 2 amide bonds. The lowest BCUT2D eigenvalue weighted by atomic mass is 10.2. The molecule has 0 aromatic heterocycles. The van der Waals surface area contributed by atoms with Crippen LogP contribution in [0, 0.1) is 0 Å². The van der Waals surface area contributed by atoms with Gasteiger partial charge in [-0.15, -0.1) is 0 Å². The first-order chi connectivity index (χ1) is 6.83. The minimum Gasteiger partial charge on any atom is -0.395 e. The van der Waals surface area contributed by atoms with Gasteiger partial charge in [0.05, 0.1) is 6.61 Å². The van der Waals surface area contributed by atoms with Gasteiger partial charge in [0.2, 0.25) is 0 Å². The number of urea groups is 1. The highest BCUT2D eigenvalue weighted by Gasteiger charge is 1.97. The molecule has 4 heteroatoms. The molecule has 0 atom stereocenters. The number of amides is 2. The maximum Gasteiger partial charge on any atom is 0.315 e. The number of hydrogen-bond acceptors (Lipinski definition) is 2. The molecule has 1 aromatic carbocycles. The van der Waals surface area contributed by atoms with E-state index < -0.39 is 0 Å². The third kappa shape index (κ3) is 3.91. The molecule has 0 fully saturated rings. The Labute approximate surface area is 82.9 Å². The van der Waals surface area contributed by atoms with Gasteiger partial charge >= 0.3 is 6.03 Å². The van der Waals surface area contributed by atoms with Crippen molar-refractivity contribution in [3.05, 3.63) is 35.9 Å². The molecule has 0 radical (unpaired) electrons. The first-order valence-corrected chi connectivity index (χ1v) is 4.49. The fraction of sp³-hybridized carbons (Fsp3) is 0.300. The van der Waals surface area contributed by atoms with Crippen LogP contribution >= 0.6 is 0 Å². The van der Waals surface area contributed by atoms with Crippen molar-refractivity contribution in [2.75, 3.05) is 13.2 Å². The zero-order valence-corrected chi connectivity index (χ0v) is 7.86. The fourth-order valence-electron chi connectivity index (χ4n) is 1.01. The second-order valence-electron chi connectivity index (χ2n) is 2.82. The van der Waals surface area contributed by atoms with E-state index in [-0.39, 0.29) is 19.2 Å². The third-order valence-corrected chi connectivity index (χ3v) is 1.69. The number of carbonyl (C=O) groups is 1. The van der Waals surface area contributed by atoms with Crippen molar-refractivity contribution in [2.45, 2.75) is 6.54 Å². The summed E-state index contributed by atoms with van der Waals surface area (Å²) in [5, 5.41) is 13.6. The van der Waals surface area contributed by atoms with E-state index in [4.69, 9.17) is 5.11 Å². The molecule has 14 heavy (non-hydrogen) atoms. The van der Waals surface area contributed by atoms with Gasteiger partial charge in [0, 0.05) is 13.1 Å². The molecule has 1 rings (SSSR count). The minimum absolute atomic E-state index is 0.0429. The Hall–Kier alpha value is -1.55. The van der Waals surface area contributed by atoms with Crippen molar-refractivity contribution in [1.82, 2.24) is 10.6 Å². The first-order valence-electron chi connectivity index (χ1n) is 4.49. The van der Waals surface area contributed by atoms with E-state index in [1.165, 1.54) is 0 Å². The van der Waals surface area contributed by atoms with Crippen LogP contribution in [0.4, 0.5) is 4.79 Å². The monoisotopic (exact) mass is 194 g/mol. The molecule has 3 N–H and O–H groups in total. The molecule has 4 nitrogen and oxygen atoms in total. The van der Waals surface area contributed by atoms with Crippen molar-refractivity contribution in [2.24, 2.45) is 0 Å². The van der Waals surface area contributed by atoms with E-state index in [2.05, 4.69) is 10.6 Å². The molecule has 0 bridgehead atoms. The quantitative estimate of drug-likeness (QED) is 0.652. The molecule has 0 aliphatic carbocycles. The van der Waals surface area contributed by atoms with Crippen molar-refractivity contribution in [3.63, 3.8) is 0 Å². The highest BCUT2D eigenvalue weighted by atomic mass is 16.3. The van der Waals surface area contributed by atoms with Gasteiger partial charge in [0.25, 0.3) is 0 Å². The normalized spacial score (nSPS) is 9.50. The van der Waals surface area contributed by atoms with Gasteiger partial charge in [-0.2, -0.15) is 0 Å². The molecule has 76 valence electrons. The predicted molar refractivity (Wildman–Crippen MR) is 53.8 cm³/mol. The van der Waals surface area contributed by atoms with Crippen LogP contribution in [0.1, 0.15) is 5.56 Å². The number of aliphatic hydroxyl groups is 1. The minimum atomic E-state index is -0.261. The van der Waals surface area contributed by atoms with Crippen molar-refractivity contribution in [1.29, 1.82) is 0 Å². The zero-order chi connectivity index (χ0) is 10.2. The van der Waals surface area contributed by atoms with Crippen LogP contribution in [0.2, 0.25) is 0 Å². The number of nitrogens with one attached hydrogen (secondary N) is 2. The summed E-state index contributed by atoms with van der Waals surface area (Å²) < 4.78 is 0. The molecular weight excluding hydrogens is 180 g/mol. The Morgan fingerprint density at radius 3 is 2.57 bits per heavy atom. The van der Waals surface area contributed by atoms with Crippen LogP contribution in [0.3, 0.4) is 0 Å². The summed E-state index contributed by atoms with van der Waals surface area (Å²) >= 11 is 0. The summed E-state index contributed by atoms with van der Waals surface area (Å²) in [5.41, 5.74) is 1.05. The number of carbonyl (C=O) groups excluding carboxylic acids is 1. The molecule has 0 aliphatic rings. The topological polar surface area (TPSA) is 61.4 Å². The van der Waals surface area contributed by atoms with Crippen molar-refractivity contribution < 1.29 is 9.90 Å². The largest absolute Gasteiger partial charge is 0.395 e. The first kappa shape index (κ1) is 10.5. The Kier molecular flexibility index (Phi) is 4.50. The average Bonchev–Trinajstić information content (AvgIpc) is 2.25. The molecule has 0 unspecified atom stereocenters. The van der Waals surface area contributed by atoms with Crippen LogP contribution in [-0.2, 0) is 6.54 Å². The predicted octanol–water partition coefficient (Wildman–Crippen LogP) is 0.478. The summed E-state index contributed by atoms with van der Waals surface area (Å²) in [6, 6.07) is 9.38. The molecular formula is C10H14N2O2. The van der Waals surface area contributed by atoms with Gasteiger partial charge in [-0.1, -0.05) is 30.3 Å². The van der Waals surface area contributed by atoms with Crippen LogP contribution in [0.15, 0.2) is 30.3 Å². The van der Waals surface area contributed by atoms with Gasteiger partial charge in [-0.3, -0.25) is 0 Å². The van der Waals surface area contributed by atoms with Gasteiger partial charge in [-0.05, 0) is 5.56 Å². The van der Waals surface area contributed by atoms with Crippen LogP contribution in [0.5, 0.6) is 0 Å². The molecule has 1 aromatic rings. The Morgan fingerprint density at radius 1 is 1.21 bits per heavy atom. The maximum absolute atomic E-state index is 11.0. The van der Waals surface area contributed by atoms with Crippen LogP contribution in [0.25, 0.3) is 0 Å². The lowest BCUT2D eigenvalue weighted by Gasteiger charge is -2.05. The van der Waals surface area contributed by atoms with Crippen molar-refractivity contribution in [3.8, 4) is 0 Å². The Bertz CT molecular complexity index is 275. The summed E-state index contributed by atoms with van der Waals surface area (Å²) in [7, 11) is 0. The lowest BCUT2D eigenvalue weighted by molar-refractivity contribution is 0.234. The zero-order valence-electron chi connectivity index (χ0n) is 7.86. The van der Waals surface area contributed by atoms with E-state index in [0.29, 0.717) is 6.54 Å². The Morgan fingerprint density at radius 2 is 1.93 bits per heavy atom. The number of hydrogen-bond donors (Lipinski definition) is 3. The highest BCUT2D eigenvalue weighted by Crippen LogP contribution is 1.96. The van der Waals surface area contributed by atoms with E-state index >= 15 is 0 Å². The maximum atomic E-state index is 11.0. The van der Waals surface area contributed by atoms with Crippen LogP contribution < -0.4 is 10.6 Å². The van der Waals surface area contributed by atoms with Crippen molar-refractivity contribution >= 4 is 6.03 Å². The summed E-state index contributed by atoms with van der Waals surface area (Å²) in [6.07, 6.45) is 0. The summed E-state index contributed by atoms with van der Waals surface area (Å²) in [4.78, 5) is 11.0. The van der Waals surface area contributed by atoms with E-state index in [0.717, 1.165) is 5.56 Å². The second kappa shape index (κ2) is 5.99. The van der Waals surface area contributed by atoms with Gasteiger partial charge in [0.1, 0.15) is 0 Å². The summed E-state index contributed by atoms with van der Waals surface area (Å²) in [5.74, 6) is 0. The second-order valence-corrected chi connectivity index (χ2v) is 2.82. The van der Waals surface area contributed by atoms with Gasteiger partial charge < -0.3 is 15.7 Å². The smallest absolute Gasteiger partial charge is 0.315 e. The van der Waals surface area contributed by atoms with E-state index in [9.17, 15) is 4.79 Å². The van der Waals surface area contributed by atoms with E-state index in [1.807, 2.05) is 30.3 Å². The number of benzene rings is 1. The number of rotatable bonds is 4. The molecule has 0 heterocycles. The highest BCUT2D eigenvalue weighted by molar-refractivity contribution is 5.73. The SMILES string of the molecule is O=C(NCCO)NCc1ccccc1. The van der Waals surface area contributed by atoms with Gasteiger partial charge in [-0.25, -0.2) is 4.79 Å². The Balaban J connectivity index is 2.24. The number of aliphatic hydroxyl groups excluding tert-OH is 1. The average molecular weight is 194 g/mol. The van der Waals surface area contributed by atoms with Gasteiger partial charge in [0.15, 0.2) is 0 Å². The molecule has 0 saturated carbocycles.